The van der Waals surface area contributed by atoms with Crippen LogP contribution < -0.4 is 10.5 Å². The minimum Gasteiger partial charge on any atom is -0.311 e. The zero-order valence-electron chi connectivity index (χ0n) is 12.8. The summed E-state index contributed by atoms with van der Waals surface area (Å²) in [7, 11) is 0. The molecule has 3 aromatic rings. The monoisotopic (exact) mass is 341 g/mol. The van der Waals surface area contributed by atoms with E-state index >= 15 is 0 Å². The lowest BCUT2D eigenvalue weighted by molar-refractivity contribution is -0.116. The molecule has 122 valence electrons. The molecule has 7 nitrogen and oxygen atoms in total. The molecule has 3 heterocycles. The van der Waals surface area contributed by atoms with Gasteiger partial charge < -0.3 is 4.90 Å². The highest BCUT2D eigenvalue weighted by Crippen LogP contribution is 2.27. The predicted molar refractivity (Wildman–Crippen MR) is 91.4 cm³/mol. The number of fused-ring (bicyclic) bond motifs is 2. The van der Waals surface area contributed by atoms with Gasteiger partial charge in [-0.05, 0) is 24.5 Å². The SMILES string of the molecule is O=C(CSc1nnc2[nH]c(=O)ccn12)N1CCCc2ccccc21. The molecule has 24 heavy (non-hydrogen) atoms. The van der Waals surface area contributed by atoms with Gasteiger partial charge in [-0.1, -0.05) is 30.0 Å². The van der Waals surface area contributed by atoms with Crippen LogP contribution >= 0.6 is 11.8 Å². The number of aryl methyl sites for hydroxylation is 1. The molecule has 0 fully saturated rings. The summed E-state index contributed by atoms with van der Waals surface area (Å²) in [4.78, 5) is 28.4. The number of aromatic amines is 1. The van der Waals surface area contributed by atoms with Crippen LogP contribution in [0.15, 0.2) is 46.5 Å². The van der Waals surface area contributed by atoms with Crippen LogP contribution in [0.2, 0.25) is 0 Å². The second kappa shape index (κ2) is 6.12. The van der Waals surface area contributed by atoms with Gasteiger partial charge in [0.15, 0.2) is 5.16 Å². The molecule has 1 aromatic carbocycles. The molecule has 0 atom stereocenters. The van der Waals surface area contributed by atoms with E-state index in [-0.39, 0.29) is 17.2 Å². The Balaban J connectivity index is 1.52. The van der Waals surface area contributed by atoms with Crippen LogP contribution in [-0.2, 0) is 11.2 Å². The van der Waals surface area contributed by atoms with E-state index in [9.17, 15) is 9.59 Å². The van der Waals surface area contributed by atoms with E-state index in [1.807, 2.05) is 23.1 Å². The quantitative estimate of drug-likeness (QED) is 0.730. The molecular weight excluding hydrogens is 326 g/mol. The summed E-state index contributed by atoms with van der Waals surface area (Å²) in [5.74, 6) is 0.697. The van der Waals surface area contributed by atoms with Crippen molar-refractivity contribution in [2.75, 3.05) is 17.2 Å². The average molecular weight is 341 g/mol. The molecule has 8 heteroatoms. The molecule has 0 saturated heterocycles. The Morgan fingerprint density at radius 3 is 3.04 bits per heavy atom. The number of amides is 1. The van der Waals surface area contributed by atoms with E-state index in [2.05, 4.69) is 21.2 Å². The van der Waals surface area contributed by atoms with Gasteiger partial charge in [-0.2, -0.15) is 0 Å². The minimum absolute atomic E-state index is 0.0494. The lowest BCUT2D eigenvalue weighted by Gasteiger charge is -2.29. The topological polar surface area (TPSA) is 83.4 Å². The summed E-state index contributed by atoms with van der Waals surface area (Å²) in [6.45, 7) is 0.740. The number of para-hydroxylation sites is 1. The molecule has 0 unspecified atom stereocenters. The van der Waals surface area contributed by atoms with Crippen LogP contribution in [0.3, 0.4) is 0 Å². The third-order valence-electron chi connectivity index (χ3n) is 4.01. The Bertz CT molecular complexity index is 964. The molecule has 4 rings (SSSR count). The molecule has 0 radical (unpaired) electrons. The lowest BCUT2D eigenvalue weighted by Crippen LogP contribution is -2.36. The average Bonchev–Trinajstić information content (AvgIpc) is 3.01. The van der Waals surface area contributed by atoms with Gasteiger partial charge in [-0.3, -0.25) is 19.0 Å². The number of hydrogen-bond donors (Lipinski definition) is 1. The zero-order chi connectivity index (χ0) is 16.5. The van der Waals surface area contributed by atoms with E-state index in [0.717, 1.165) is 25.1 Å². The van der Waals surface area contributed by atoms with Gasteiger partial charge in [0.25, 0.3) is 5.56 Å². The lowest BCUT2D eigenvalue weighted by atomic mass is 10.0. The van der Waals surface area contributed by atoms with Gasteiger partial charge in [0, 0.05) is 24.5 Å². The maximum atomic E-state index is 12.6. The van der Waals surface area contributed by atoms with Crippen LogP contribution in [0.25, 0.3) is 5.78 Å². The van der Waals surface area contributed by atoms with Crippen molar-refractivity contribution in [3.8, 4) is 0 Å². The number of anilines is 1. The number of benzene rings is 1. The van der Waals surface area contributed by atoms with Crippen molar-refractivity contribution in [2.45, 2.75) is 18.0 Å². The number of rotatable bonds is 3. The van der Waals surface area contributed by atoms with E-state index in [4.69, 9.17) is 0 Å². The first kappa shape index (κ1) is 14.9. The summed E-state index contributed by atoms with van der Waals surface area (Å²) in [5.41, 5.74) is 1.99. The molecule has 1 N–H and O–H groups in total. The molecule has 1 amide bonds. The summed E-state index contributed by atoms with van der Waals surface area (Å²) in [6.07, 6.45) is 3.59. The van der Waals surface area contributed by atoms with Crippen LogP contribution in [-0.4, -0.2) is 37.8 Å². The maximum Gasteiger partial charge on any atom is 0.252 e. The number of thioether (sulfide) groups is 1. The molecule has 1 aliphatic heterocycles. The fourth-order valence-electron chi connectivity index (χ4n) is 2.89. The second-order valence-corrected chi connectivity index (χ2v) is 6.49. The van der Waals surface area contributed by atoms with Gasteiger partial charge in [-0.25, -0.2) is 0 Å². The molecule has 2 aromatic heterocycles. The summed E-state index contributed by atoms with van der Waals surface area (Å²) >= 11 is 1.31. The molecule has 1 aliphatic rings. The Hall–Kier alpha value is -2.61. The van der Waals surface area contributed by atoms with Crippen molar-refractivity contribution in [1.29, 1.82) is 0 Å². The standard InChI is InChI=1S/C16H15N5O2S/c22-13-7-9-21-15(17-13)18-19-16(21)24-10-14(23)20-8-3-5-11-4-1-2-6-12(11)20/h1-2,4,6-7,9H,3,5,8,10H2,(H,17,18,22). The first-order valence-electron chi connectivity index (χ1n) is 7.67. The smallest absolute Gasteiger partial charge is 0.252 e. The van der Waals surface area contributed by atoms with Crippen LogP contribution in [0.4, 0.5) is 5.69 Å². The second-order valence-electron chi connectivity index (χ2n) is 5.55. The van der Waals surface area contributed by atoms with Crippen molar-refractivity contribution in [3.63, 3.8) is 0 Å². The summed E-state index contributed by atoms with van der Waals surface area (Å²) in [6, 6.07) is 9.44. The predicted octanol–water partition coefficient (Wildman–Crippen LogP) is 1.49. The van der Waals surface area contributed by atoms with Crippen LogP contribution in [0.5, 0.6) is 0 Å². The van der Waals surface area contributed by atoms with E-state index < -0.39 is 0 Å². The fourth-order valence-corrected chi connectivity index (χ4v) is 3.68. The number of carbonyl (C=O) groups is 1. The van der Waals surface area contributed by atoms with Crippen molar-refractivity contribution < 1.29 is 4.79 Å². The third kappa shape index (κ3) is 2.69. The highest BCUT2D eigenvalue weighted by Gasteiger charge is 2.22. The Kier molecular flexibility index (Phi) is 3.81. The van der Waals surface area contributed by atoms with Gasteiger partial charge in [-0.15, -0.1) is 10.2 Å². The molecule has 0 bridgehead atoms. The van der Waals surface area contributed by atoms with Crippen molar-refractivity contribution in [1.82, 2.24) is 19.6 Å². The van der Waals surface area contributed by atoms with E-state index in [1.54, 1.807) is 10.6 Å². The molecular formula is C16H15N5O2S. The van der Waals surface area contributed by atoms with Gasteiger partial charge in [0.1, 0.15) is 0 Å². The largest absolute Gasteiger partial charge is 0.311 e. The number of nitrogens with one attached hydrogen (secondary N) is 1. The highest BCUT2D eigenvalue weighted by molar-refractivity contribution is 7.99. The van der Waals surface area contributed by atoms with Gasteiger partial charge in [0.05, 0.1) is 5.75 Å². The molecule has 0 spiro atoms. The maximum absolute atomic E-state index is 12.6. The first-order valence-corrected chi connectivity index (χ1v) is 8.66. The zero-order valence-corrected chi connectivity index (χ0v) is 13.6. The number of aromatic nitrogens is 4. The van der Waals surface area contributed by atoms with E-state index in [0.29, 0.717) is 10.9 Å². The van der Waals surface area contributed by atoms with Crippen molar-refractivity contribution >= 4 is 29.1 Å². The first-order chi connectivity index (χ1) is 11.7. The number of carbonyl (C=O) groups excluding carboxylic acids is 1. The van der Waals surface area contributed by atoms with Gasteiger partial charge >= 0.3 is 0 Å². The molecule has 0 saturated carbocycles. The third-order valence-corrected chi connectivity index (χ3v) is 4.94. The summed E-state index contributed by atoms with van der Waals surface area (Å²) < 4.78 is 1.67. The number of nitrogens with zero attached hydrogens (tertiary/aromatic N) is 4. The number of hydrogen-bond acceptors (Lipinski definition) is 5. The van der Waals surface area contributed by atoms with Crippen molar-refractivity contribution in [3.05, 3.63) is 52.4 Å². The van der Waals surface area contributed by atoms with Gasteiger partial charge in [0.2, 0.25) is 11.7 Å². The normalized spacial score (nSPS) is 13.9. The van der Waals surface area contributed by atoms with Crippen molar-refractivity contribution in [2.24, 2.45) is 0 Å². The Labute approximate surface area is 141 Å². The highest BCUT2D eigenvalue weighted by atomic mass is 32.2. The summed E-state index contributed by atoms with van der Waals surface area (Å²) in [5, 5.41) is 8.53. The Morgan fingerprint density at radius 1 is 1.25 bits per heavy atom. The van der Waals surface area contributed by atoms with Crippen LogP contribution in [0.1, 0.15) is 12.0 Å². The Morgan fingerprint density at radius 2 is 2.12 bits per heavy atom. The fraction of sp³-hybridized carbons (Fsp3) is 0.250. The minimum atomic E-state index is -0.229. The molecule has 0 aliphatic carbocycles. The van der Waals surface area contributed by atoms with E-state index in [1.165, 1.54) is 23.4 Å². The van der Waals surface area contributed by atoms with Crippen LogP contribution in [0, 0.1) is 0 Å². The number of H-pyrrole nitrogens is 1.